The van der Waals surface area contributed by atoms with Crippen molar-refractivity contribution < 1.29 is 27.0 Å². The van der Waals surface area contributed by atoms with Crippen LogP contribution in [-0.4, -0.2) is 22.2 Å². The molecule has 1 aliphatic heterocycles. The molecule has 12 heteroatoms. The molecule has 172 valence electrons. The first-order valence-electron chi connectivity index (χ1n) is 9.64. The molecule has 0 aliphatic carbocycles. The number of pyridine rings is 1. The molecule has 0 atom stereocenters. The number of nitriles is 1. The van der Waals surface area contributed by atoms with Crippen molar-refractivity contribution in [2.45, 2.75) is 12.2 Å². The normalized spacial score (nSPS) is 15.5. The van der Waals surface area contributed by atoms with E-state index in [-0.39, 0.29) is 11.4 Å². The molecule has 7 nitrogen and oxygen atoms in total. The summed E-state index contributed by atoms with van der Waals surface area (Å²) in [5.41, 5.74) is 2.05. The van der Waals surface area contributed by atoms with E-state index in [9.17, 15) is 22.8 Å². The van der Waals surface area contributed by atoms with Crippen LogP contribution in [0.15, 0.2) is 54.7 Å². The van der Waals surface area contributed by atoms with E-state index in [1.54, 1.807) is 18.3 Å². The maximum Gasteiger partial charge on any atom is 0.507 e. The second kappa shape index (κ2) is 7.71. The number of H-pyrrole nitrogens is 1. The third-order valence-electron chi connectivity index (χ3n) is 4.88. The van der Waals surface area contributed by atoms with Crippen LogP contribution >= 0.6 is 11.6 Å². The molecule has 0 saturated heterocycles. The lowest BCUT2D eigenvalue weighted by atomic mass is 10.2. The fraction of sp³-hybridized carbons (Fsp3) is 0.0909. The largest absolute Gasteiger partial charge is 0.507 e. The molecule has 4 aromatic rings. The van der Waals surface area contributed by atoms with Crippen LogP contribution in [-0.2, 0) is 0 Å². The van der Waals surface area contributed by atoms with Crippen molar-refractivity contribution in [3.8, 4) is 17.6 Å². The molecule has 0 radical (unpaired) electrons. The standard InChI is InChI=1S/C22H12ClF4N5O2/c23-16-6-13(7-17-15(16)3-4-29-17)31-20-9-12(5-14(10-28)32-20)30-11-1-2-18-19(8-11)34-22(26,27)21(24,25)33-18/h1-9,29H,(H2,30,31,32). The molecular formula is C22H12ClF4N5O2. The fourth-order valence-electron chi connectivity index (χ4n) is 3.38. The Bertz CT molecular complexity index is 1470. The molecular weight excluding hydrogens is 478 g/mol. The van der Waals surface area contributed by atoms with Crippen LogP contribution in [0, 0.1) is 11.3 Å². The minimum absolute atomic E-state index is 0.0586. The third kappa shape index (κ3) is 3.88. The number of ether oxygens (including phenoxy) is 2. The summed E-state index contributed by atoms with van der Waals surface area (Å²) in [5.74, 6) is -0.803. The summed E-state index contributed by atoms with van der Waals surface area (Å²) in [6.07, 6.45) is -7.88. The first-order valence-corrected chi connectivity index (χ1v) is 10.0. The summed E-state index contributed by atoms with van der Waals surface area (Å²) >= 11 is 6.30. The van der Waals surface area contributed by atoms with E-state index in [4.69, 9.17) is 11.6 Å². The second-order valence-corrected chi connectivity index (χ2v) is 7.69. The minimum Gasteiger partial charge on any atom is -0.421 e. The minimum atomic E-state index is -4.83. The van der Waals surface area contributed by atoms with Gasteiger partial charge in [-0.25, -0.2) is 4.98 Å². The average molecular weight is 490 g/mol. The summed E-state index contributed by atoms with van der Waals surface area (Å²) in [4.78, 5) is 7.26. The Hall–Kier alpha value is -4.17. The lowest BCUT2D eigenvalue weighted by Crippen LogP contribution is -2.52. The molecule has 3 heterocycles. The monoisotopic (exact) mass is 489 g/mol. The zero-order valence-electron chi connectivity index (χ0n) is 16.8. The van der Waals surface area contributed by atoms with Crippen molar-refractivity contribution >= 4 is 45.4 Å². The second-order valence-electron chi connectivity index (χ2n) is 7.28. The number of alkyl halides is 4. The van der Waals surface area contributed by atoms with Crippen LogP contribution in [0.1, 0.15) is 5.69 Å². The van der Waals surface area contributed by atoms with Crippen molar-refractivity contribution in [1.29, 1.82) is 5.26 Å². The van der Waals surface area contributed by atoms with E-state index >= 15 is 0 Å². The molecule has 2 aromatic heterocycles. The van der Waals surface area contributed by atoms with Crippen LogP contribution < -0.4 is 20.1 Å². The molecule has 34 heavy (non-hydrogen) atoms. The third-order valence-corrected chi connectivity index (χ3v) is 5.19. The Kier molecular flexibility index (Phi) is 4.91. The number of fused-ring (bicyclic) bond motifs is 2. The molecule has 1 aliphatic rings. The van der Waals surface area contributed by atoms with Gasteiger partial charge in [0.2, 0.25) is 0 Å². The number of nitrogens with one attached hydrogen (secondary N) is 3. The molecule has 2 aromatic carbocycles. The highest BCUT2D eigenvalue weighted by Gasteiger charge is 2.65. The number of hydrogen-bond acceptors (Lipinski definition) is 6. The van der Waals surface area contributed by atoms with Gasteiger partial charge in [-0.1, -0.05) is 11.6 Å². The van der Waals surface area contributed by atoms with Crippen molar-refractivity contribution in [2.24, 2.45) is 0 Å². The number of halogens is 5. The van der Waals surface area contributed by atoms with E-state index in [1.807, 2.05) is 18.2 Å². The summed E-state index contributed by atoms with van der Waals surface area (Å²) < 4.78 is 61.9. The summed E-state index contributed by atoms with van der Waals surface area (Å²) in [6, 6.07) is 13.7. The SMILES string of the molecule is N#Cc1cc(Nc2ccc3c(c2)OC(F)(F)C(F)(F)O3)cc(Nc2cc(Cl)c3cc[nH]c3c2)n1. The fourth-order valence-corrected chi connectivity index (χ4v) is 3.66. The van der Waals surface area contributed by atoms with Gasteiger partial charge in [0.05, 0.1) is 5.02 Å². The number of aromatic nitrogens is 2. The molecule has 0 bridgehead atoms. The predicted octanol–water partition coefficient (Wildman–Crippen LogP) is 6.53. The van der Waals surface area contributed by atoms with Gasteiger partial charge in [-0.3, -0.25) is 0 Å². The number of hydrogen-bond donors (Lipinski definition) is 3. The Labute approximate surface area is 193 Å². The predicted molar refractivity (Wildman–Crippen MR) is 116 cm³/mol. The van der Waals surface area contributed by atoms with Crippen LogP contribution in [0.5, 0.6) is 11.5 Å². The Morgan fingerprint density at radius 1 is 0.882 bits per heavy atom. The number of rotatable bonds is 4. The van der Waals surface area contributed by atoms with E-state index in [1.165, 1.54) is 12.1 Å². The lowest BCUT2D eigenvalue weighted by Gasteiger charge is -2.32. The van der Waals surface area contributed by atoms with Crippen LogP contribution in [0.4, 0.5) is 40.4 Å². The Balaban J connectivity index is 1.43. The topological polar surface area (TPSA) is 95.0 Å². The van der Waals surface area contributed by atoms with Crippen LogP contribution in [0.25, 0.3) is 10.9 Å². The van der Waals surface area contributed by atoms with E-state index in [0.717, 1.165) is 23.0 Å². The van der Waals surface area contributed by atoms with Gasteiger partial charge in [0.1, 0.15) is 17.6 Å². The Morgan fingerprint density at radius 3 is 2.38 bits per heavy atom. The van der Waals surface area contributed by atoms with E-state index in [2.05, 4.69) is 30.1 Å². The zero-order chi connectivity index (χ0) is 24.1. The van der Waals surface area contributed by atoms with Gasteiger partial charge in [0.15, 0.2) is 11.5 Å². The van der Waals surface area contributed by atoms with Crippen molar-refractivity contribution in [3.63, 3.8) is 0 Å². The van der Waals surface area contributed by atoms with Crippen molar-refractivity contribution in [1.82, 2.24) is 9.97 Å². The van der Waals surface area contributed by atoms with E-state index in [0.29, 0.717) is 22.2 Å². The first kappa shape index (κ1) is 21.7. The summed E-state index contributed by atoms with van der Waals surface area (Å²) in [5, 5.41) is 16.7. The van der Waals surface area contributed by atoms with Gasteiger partial charge in [0, 0.05) is 46.3 Å². The highest BCUT2D eigenvalue weighted by molar-refractivity contribution is 6.35. The summed E-state index contributed by atoms with van der Waals surface area (Å²) in [6.45, 7) is 0. The zero-order valence-corrected chi connectivity index (χ0v) is 17.6. The maximum atomic E-state index is 13.5. The molecule has 3 N–H and O–H groups in total. The number of anilines is 4. The van der Waals surface area contributed by atoms with Gasteiger partial charge in [-0.05, 0) is 36.4 Å². The quantitative estimate of drug-likeness (QED) is 0.282. The first-order chi connectivity index (χ1) is 16.1. The molecule has 0 spiro atoms. The summed E-state index contributed by atoms with van der Waals surface area (Å²) in [7, 11) is 0. The Morgan fingerprint density at radius 2 is 1.62 bits per heavy atom. The van der Waals surface area contributed by atoms with Gasteiger partial charge >= 0.3 is 12.2 Å². The number of nitrogens with zero attached hydrogens (tertiary/aromatic N) is 2. The molecule has 5 rings (SSSR count). The lowest BCUT2D eigenvalue weighted by molar-refractivity contribution is -0.391. The van der Waals surface area contributed by atoms with Crippen LogP contribution in [0.2, 0.25) is 5.02 Å². The highest BCUT2D eigenvalue weighted by Crippen LogP contribution is 2.47. The molecule has 0 unspecified atom stereocenters. The average Bonchev–Trinajstić information content (AvgIpc) is 3.23. The van der Waals surface area contributed by atoms with Gasteiger partial charge < -0.3 is 25.1 Å². The van der Waals surface area contributed by atoms with Crippen LogP contribution in [0.3, 0.4) is 0 Å². The molecule has 0 saturated carbocycles. The van der Waals surface area contributed by atoms with Crippen molar-refractivity contribution in [2.75, 3.05) is 10.6 Å². The van der Waals surface area contributed by atoms with Crippen molar-refractivity contribution in [3.05, 3.63) is 65.4 Å². The van der Waals surface area contributed by atoms with Gasteiger partial charge in [0.25, 0.3) is 0 Å². The molecule has 0 amide bonds. The van der Waals surface area contributed by atoms with E-state index < -0.39 is 23.7 Å². The smallest absolute Gasteiger partial charge is 0.421 e. The molecule has 0 fully saturated rings. The maximum absolute atomic E-state index is 13.5. The number of aromatic amines is 1. The van der Waals surface area contributed by atoms with Gasteiger partial charge in [-0.2, -0.15) is 22.8 Å². The highest BCUT2D eigenvalue weighted by atomic mass is 35.5. The number of benzene rings is 2. The van der Waals surface area contributed by atoms with Gasteiger partial charge in [-0.15, -0.1) is 0 Å².